The fourth-order valence-electron chi connectivity index (χ4n) is 4.65. The zero-order chi connectivity index (χ0) is 27.0. The third-order valence-electron chi connectivity index (χ3n) is 6.82. The third kappa shape index (κ3) is 5.19. The summed E-state index contributed by atoms with van der Waals surface area (Å²) in [6.07, 6.45) is -5.07. The Hall–Kier alpha value is -3.61. The summed E-state index contributed by atoms with van der Waals surface area (Å²) in [6, 6.07) is 10.6. The van der Waals surface area contributed by atoms with Gasteiger partial charge < -0.3 is 29.7 Å². The molecule has 1 unspecified atom stereocenters. The quantitative estimate of drug-likeness (QED) is 0.486. The predicted molar refractivity (Wildman–Crippen MR) is 136 cm³/mol. The second kappa shape index (κ2) is 10.3. The molecule has 2 aliphatic rings. The molecule has 2 N–H and O–H groups in total. The van der Waals surface area contributed by atoms with E-state index in [1.54, 1.807) is 30.1 Å². The van der Waals surface area contributed by atoms with Gasteiger partial charge in [-0.15, -0.1) is 0 Å². The van der Waals surface area contributed by atoms with E-state index in [0.717, 1.165) is 37.4 Å². The zero-order valence-electron chi connectivity index (χ0n) is 21.3. The number of nitrogens with zero attached hydrogens (tertiary/aromatic N) is 5. The molecule has 2 aliphatic heterocycles. The minimum absolute atomic E-state index is 0.0936. The van der Waals surface area contributed by atoms with Gasteiger partial charge in [0.2, 0.25) is 11.8 Å². The Morgan fingerprint density at radius 1 is 1.05 bits per heavy atom. The number of anilines is 3. The molecule has 0 amide bonds. The van der Waals surface area contributed by atoms with Gasteiger partial charge in [-0.1, -0.05) is 12.1 Å². The first-order valence-corrected chi connectivity index (χ1v) is 12.1. The van der Waals surface area contributed by atoms with Crippen LogP contribution in [0.25, 0.3) is 0 Å². The van der Waals surface area contributed by atoms with Crippen molar-refractivity contribution in [1.82, 2.24) is 19.8 Å². The second-order valence-corrected chi connectivity index (χ2v) is 9.43. The Balaban J connectivity index is 1.44. The maximum Gasteiger partial charge on any atom is 0.423 e. The molecular weight excluding hydrogens is 501 g/mol. The number of aromatic nitrogens is 2. The molecule has 2 aromatic carbocycles. The highest BCUT2D eigenvalue weighted by molar-refractivity contribution is 5.68. The van der Waals surface area contributed by atoms with Crippen LogP contribution in [0.4, 0.5) is 30.5 Å². The van der Waals surface area contributed by atoms with Crippen LogP contribution in [0.15, 0.2) is 42.6 Å². The smallest absolute Gasteiger partial charge is 0.423 e. The summed E-state index contributed by atoms with van der Waals surface area (Å²) in [5.41, 5.74) is 1.54. The zero-order valence-corrected chi connectivity index (χ0v) is 21.3. The number of rotatable bonds is 6. The van der Waals surface area contributed by atoms with Crippen molar-refractivity contribution in [1.29, 1.82) is 0 Å². The lowest BCUT2D eigenvalue weighted by atomic mass is 10.1. The van der Waals surface area contributed by atoms with E-state index < -0.39 is 23.8 Å². The van der Waals surface area contributed by atoms with Crippen LogP contribution in [-0.2, 0) is 12.7 Å². The number of nitrogens with one attached hydrogen (secondary N) is 1. The van der Waals surface area contributed by atoms with Crippen molar-refractivity contribution in [3.8, 4) is 17.4 Å². The van der Waals surface area contributed by atoms with Crippen molar-refractivity contribution >= 4 is 17.3 Å². The van der Waals surface area contributed by atoms with E-state index in [1.165, 1.54) is 13.2 Å². The molecule has 1 aromatic heterocycles. The van der Waals surface area contributed by atoms with Crippen LogP contribution >= 0.6 is 0 Å². The lowest BCUT2D eigenvalue weighted by molar-refractivity contribution is -0.139. The lowest BCUT2D eigenvalue weighted by Crippen LogP contribution is -2.44. The minimum atomic E-state index is -4.75. The molecule has 1 fully saturated rings. The summed E-state index contributed by atoms with van der Waals surface area (Å²) in [7, 11) is 5.32. The number of piperazine rings is 1. The van der Waals surface area contributed by atoms with Gasteiger partial charge in [-0.05, 0) is 37.9 Å². The molecule has 3 heterocycles. The van der Waals surface area contributed by atoms with Gasteiger partial charge in [0.1, 0.15) is 23.3 Å². The van der Waals surface area contributed by atoms with Crippen LogP contribution in [-0.4, -0.2) is 72.3 Å². The molecule has 9 nitrogen and oxygen atoms in total. The third-order valence-corrected chi connectivity index (χ3v) is 6.82. The Labute approximate surface area is 218 Å². The van der Waals surface area contributed by atoms with Gasteiger partial charge in [0.05, 0.1) is 12.8 Å². The van der Waals surface area contributed by atoms with Crippen LogP contribution in [0.1, 0.15) is 22.9 Å². The van der Waals surface area contributed by atoms with Crippen LogP contribution in [0.3, 0.4) is 0 Å². The van der Waals surface area contributed by atoms with Crippen molar-refractivity contribution in [2.45, 2.75) is 18.9 Å². The van der Waals surface area contributed by atoms with Crippen LogP contribution in [0.5, 0.6) is 17.4 Å². The molecule has 3 aromatic rings. The standard InChI is InChI=1S/C26H29F3N6O3/c1-33-9-11-35(12-10-33)17-7-8-19(21(13-17)37-3)31-25-30-14-18(26(27,28)29)23(32-25)38-20-6-4-5-16-15-34(2)24(36)22(16)20/h4-8,13-14,24,36H,9-12,15H2,1-3H3,(H,30,31,32). The Kier molecular flexibility index (Phi) is 7.03. The van der Waals surface area contributed by atoms with Gasteiger partial charge in [-0.2, -0.15) is 18.2 Å². The number of methoxy groups -OCH3 is 1. The maximum atomic E-state index is 13.8. The van der Waals surface area contributed by atoms with E-state index in [2.05, 4.69) is 32.1 Å². The Bertz CT molecular complexity index is 1310. The molecule has 0 spiro atoms. The van der Waals surface area contributed by atoms with Crippen molar-refractivity contribution in [3.05, 3.63) is 59.3 Å². The number of aliphatic hydroxyl groups excluding tert-OH is 1. The number of ether oxygens (including phenoxy) is 2. The SMILES string of the molecule is COc1cc(N2CCN(C)CC2)ccc1Nc1ncc(C(F)(F)F)c(Oc2cccc3c2C(O)N(C)C3)n1. The number of benzene rings is 2. The van der Waals surface area contributed by atoms with E-state index in [0.29, 0.717) is 29.7 Å². The van der Waals surface area contributed by atoms with Gasteiger partial charge in [-0.3, -0.25) is 4.90 Å². The molecule has 38 heavy (non-hydrogen) atoms. The van der Waals surface area contributed by atoms with Crippen LogP contribution in [0.2, 0.25) is 0 Å². The van der Waals surface area contributed by atoms with Crippen LogP contribution in [0, 0.1) is 0 Å². The van der Waals surface area contributed by atoms with Crippen molar-refractivity contribution in [2.75, 3.05) is 57.6 Å². The summed E-state index contributed by atoms with van der Waals surface area (Å²) >= 11 is 0. The van der Waals surface area contributed by atoms with E-state index in [1.807, 2.05) is 12.1 Å². The number of halogens is 3. The monoisotopic (exact) mass is 530 g/mol. The molecule has 5 rings (SSSR count). The lowest BCUT2D eigenvalue weighted by Gasteiger charge is -2.34. The fourth-order valence-corrected chi connectivity index (χ4v) is 4.65. The fraction of sp³-hybridized carbons (Fsp3) is 0.385. The molecule has 0 saturated carbocycles. The molecule has 1 saturated heterocycles. The molecule has 0 bridgehead atoms. The van der Waals surface area contributed by atoms with Gasteiger partial charge >= 0.3 is 6.18 Å². The van der Waals surface area contributed by atoms with Crippen molar-refractivity contribution in [2.24, 2.45) is 0 Å². The normalized spacial score (nSPS) is 18.4. The second-order valence-electron chi connectivity index (χ2n) is 9.43. The maximum absolute atomic E-state index is 13.8. The van der Waals surface area contributed by atoms with Gasteiger partial charge in [0, 0.05) is 56.2 Å². The predicted octanol–water partition coefficient (Wildman–Crippen LogP) is 4.23. The molecular formula is C26H29F3N6O3. The van der Waals surface area contributed by atoms with Gasteiger partial charge in [-0.25, -0.2) is 4.98 Å². The van der Waals surface area contributed by atoms with E-state index in [9.17, 15) is 18.3 Å². The molecule has 12 heteroatoms. The number of alkyl halides is 3. The summed E-state index contributed by atoms with van der Waals surface area (Å²) in [5, 5.41) is 13.5. The first-order chi connectivity index (χ1) is 18.1. The summed E-state index contributed by atoms with van der Waals surface area (Å²) in [6.45, 7) is 4.09. The average Bonchev–Trinajstić information content (AvgIpc) is 3.18. The summed E-state index contributed by atoms with van der Waals surface area (Å²) < 4.78 is 52.7. The topological polar surface area (TPSA) is 86.2 Å². The number of likely N-dealkylation sites (N-methyl/N-ethyl adjacent to an activating group) is 1. The first kappa shape index (κ1) is 26.0. The van der Waals surface area contributed by atoms with Gasteiger partial charge in [0.15, 0.2) is 0 Å². The van der Waals surface area contributed by atoms with Crippen molar-refractivity contribution < 1.29 is 27.8 Å². The minimum Gasteiger partial charge on any atom is -0.494 e. The highest BCUT2D eigenvalue weighted by atomic mass is 19.4. The Morgan fingerprint density at radius 2 is 1.82 bits per heavy atom. The van der Waals surface area contributed by atoms with E-state index in [4.69, 9.17) is 9.47 Å². The van der Waals surface area contributed by atoms with E-state index in [-0.39, 0.29) is 11.7 Å². The highest BCUT2D eigenvalue weighted by Crippen LogP contribution is 2.42. The van der Waals surface area contributed by atoms with Crippen LogP contribution < -0.4 is 19.7 Å². The molecule has 202 valence electrons. The van der Waals surface area contributed by atoms with Crippen molar-refractivity contribution in [3.63, 3.8) is 0 Å². The summed E-state index contributed by atoms with van der Waals surface area (Å²) in [5.74, 6) is -0.162. The number of hydrogen-bond acceptors (Lipinski definition) is 9. The summed E-state index contributed by atoms with van der Waals surface area (Å²) in [4.78, 5) is 14.1. The number of fused-ring (bicyclic) bond motifs is 1. The average molecular weight is 531 g/mol. The molecule has 0 aliphatic carbocycles. The van der Waals surface area contributed by atoms with E-state index >= 15 is 0 Å². The molecule has 1 atom stereocenters. The largest absolute Gasteiger partial charge is 0.494 e. The molecule has 0 radical (unpaired) electrons. The van der Waals surface area contributed by atoms with Gasteiger partial charge in [0.25, 0.3) is 0 Å². The number of hydrogen-bond donors (Lipinski definition) is 2. The Morgan fingerprint density at radius 3 is 2.53 bits per heavy atom. The number of aliphatic hydroxyl groups is 1. The first-order valence-electron chi connectivity index (χ1n) is 12.1. The highest BCUT2D eigenvalue weighted by Gasteiger charge is 2.37.